The third-order valence-corrected chi connectivity index (χ3v) is 5.46. The average Bonchev–Trinajstić information content (AvgIpc) is 3.09. The van der Waals surface area contributed by atoms with Gasteiger partial charge in [0, 0.05) is 57.7 Å². The van der Waals surface area contributed by atoms with Crippen LogP contribution in [0.2, 0.25) is 0 Å². The number of aromatic nitrogens is 2. The van der Waals surface area contributed by atoms with Crippen molar-refractivity contribution in [2.24, 2.45) is 7.05 Å². The number of nitrogens with one attached hydrogen (secondary N) is 1. The van der Waals surface area contributed by atoms with Gasteiger partial charge in [-0.05, 0) is 41.0 Å². The van der Waals surface area contributed by atoms with Crippen molar-refractivity contribution in [1.29, 1.82) is 0 Å². The lowest BCUT2D eigenvalue weighted by Gasteiger charge is -2.27. The first-order valence-corrected chi connectivity index (χ1v) is 9.84. The van der Waals surface area contributed by atoms with Crippen molar-refractivity contribution in [1.82, 2.24) is 19.8 Å². The molecule has 0 unspecified atom stereocenters. The smallest absolute Gasteiger partial charge is 0.268 e. The molecule has 0 saturated carbocycles. The summed E-state index contributed by atoms with van der Waals surface area (Å²) in [6.45, 7) is 3.16. The van der Waals surface area contributed by atoms with Crippen LogP contribution in [0.1, 0.15) is 32.9 Å². The van der Waals surface area contributed by atoms with E-state index in [2.05, 4.69) is 27.3 Å². The number of carbonyl (C=O) groups is 1. The van der Waals surface area contributed by atoms with Crippen LogP contribution in [0.4, 0.5) is 0 Å². The second kappa shape index (κ2) is 8.49. The fourth-order valence-electron chi connectivity index (χ4n) is 3.91. The van der Waals surface area contributed by atoms with Gasteiger partial charge in [-0.1, -0.05) is 18.2 Å². The summed E-state index contributed by atoms with van der Waals surface area (Å²) in [6.07, 6.45) is 4.44. The number of benzene rings is 1. The molecule has 1 aliphatic rings. The fraction of sp³-hybridized carbons (Fsp3) is 0.304. The van der Waals surface area contributed by atoms with Crippen molar-refractivity contribution in [3.8, 4) is 5.75 Å². The van der Waals surface area contributed by atoms with E-state index >= 15 is 0 Å². The highest BCUT2D eigenvalue weighted by Crippen LogP contribution is 2.24. The normalized spacial score (nSPS) is 13.7. The van der Waals surface area contributed by atoms with E-state index in [0.717, 1.165) is 37.4 Å². The minimum absolute atomic E-state index is 0.0508. The van der Waals surface area contributed by atoms with Gasteiger partial charge in [0.2, 0.25) is 0 Å². The van der Waals surface area contributed by atoms with Gasteiger partial charge in [-0.2, -0.15) is 0 Å². The molecule has 0 fully saturated rings. The lowest BCUT2D eigenvalue weighted by molar-refractivity contribution is 0.0942. The van der Waals surface area contributed by atoms with Crippen LogP contribution in [0.3, 0.4) is 0 Å². The van der Waals surface area contributed by atoms with Crippen LogP contribution in [0, 0.1) is 0 Å². The zero-order chi connectivity index (χ0) is 20.2. The van der Waals surface area contributed by atoms with Gasteiger partial charge in [-0.3, -0.25) is 14.7 Å². The first-order valence-electron chi connectivity index (χ1n) is 9.84. The van der Waals surface area contributed by atoms with E-state index in [-0.39, 0.29) is 5.91 Å². The van der Waals surface area contributed by atoms with E-state index in [4.69, 9.17) is 4.74 Å². The summed E-state index contributed by atoms with van der Waals surface area (Å²) in [5.74, 6) is 0.831. The number of nitrogens with zero attached hydrogens (tertiary/aromatic N) is 3. The highest BCUT2D eigenvalue weighted by molar-refractivity contribution is 5.93. The molecule has 4 rings (SSSR count). The molecule has 3 aromatic rings. The molecule has 0 bridgehead atoms. The van der Waals surface area contributed by atoms with Crippen LogP contribution < -0.4 is 10.1 Å². The standard InChI is InChI=1S/C23H26N4O2/c1-26-21-8-10-27(15-17-5-3-7-20(11-17)29-2)16-19(21)12-22(26)23(28)25-14-18-6-4-9-24-13-18/h3-7,9,11-13H,8,10,14-16H2,1-2H3,(H,25,28). The minimum Gasteiger partial charge on any atom is -0.497 e. The Hall–Kier alpha value is -3.12. The predicted molar refractivity (Wildman–Crippen MR) is 112 cm³/mol. The van der Waals surface area contributed by atoms with E-state index in [9.17, 15) is 4.79 Å². The van der Waals surface area contributed by atoms with Gasteiger partial charge < -0.3 is 14.6 Å². The zero-order valence-corrected chi connectivity index (χ0v) is 16.9. The molecule has 6 heteroatoms. The van der Waals surface area contributed by atoms with Gasteiger partial charge in [-0.15, -0.1) is 0 Å². The van der Waals surface area contributed by atoms with E-state index in [1.54, 1.807) is 19.5 Å². The largest absolute Gasteiger partial charge is 0.497 e. The summed E-state index contributed by atoms with van der Waals surface area (Å²) in [4.78, 5) is 19.2. The molecule has 0 aliphatic carbocycles. The number of fused-ring (bicyclic) bond motifs is 1. The monoisotopic (exact) mass is 390 g/mol. The Morgan fingerprint density at radius 2 is 2.07 bits per heavy atom. The Bertz CT molecular complexity index is 997. The van der Waals surface area contributed by atoms with Crippen molar-refractivity contribution >= 4 is 5.91 Å². The van der Waals surface area contributed by atoms with Crippen molar-refractivity contribution in [2.75, 3.05) is 13.7 Å². The Morgan fingerprint density at radius 3 is 2.86 bits per heavy atom. The number of hydrogen-bond acceptors (Lipinski definition) is 4. The molecular weight excluding hydrogens is 364 g/mol. The van der Waals surface area contributed by atoms with Crippen LogP contribution in [-0.4, -0.2) is 34.0 Å². The fourth-order valence-corrected chi connectivity index (χ4v) is 3.91. The molecule has 3 heterocycles. The Balaban J connectivity index is 1.43. The number of hydrogen-bond donors (Lipinski definition) is 1. The summed E-state index contributed by atoms with van der Waals surface area (Å²) in [6, 6.07) is 14.1. The SMILES string of the molecule is COc1cccc(CN2CCc3c(cc(C(=O)NCc4cccnc4)n3C)C2)c1. The van der Waals surface area contributed by atoms with Crippen LogP contribution in [-0.2, 0) is 33.1 Å². The molecule has 0 atom stereocenters. The highest BCUT2D eigenvalue weighted by Gasteiger charge is 2.23. The topological polar surface area (TPSA) is 59.4 Å². The molecule has 0 saturated heterocycles. The molecule has 29 heavy (non-hydrogen) atoms. The first kappa shape index (κ1) is 19.2. The number of ether oxygens (including phenoxy) is 1. The Morgan fingerprint density at radius 1 is 1.21 bits per heavy atom. The predicted octanol–water partition coefficient (Wildman–Crippen LogP) is 2.92. The van der Waals surface area contributed by atoms with Gasteiger partial charge in [0.05, 0.1) is 7.11 Å². The lowest BCUT2D eigenvalue weighted by Crippen LogP contribution is -2.30. The average molecular weight is 390 g/mol. The van der Waals surface area contributed by atoms with Crippen LogP contribution in [0.25, 0.3) is 0 Å². The number of pyridine rings is 1. The summed E-state index contributed by atoms with van der Waals surface area (Å²) < 4.78 is 7.37. The van der Waals surface area contributed by atoms with Crippen LogP contribution in [0.5, 0.6) is 5.75 Å². The number of carbonyl (C=O) groups excluding carboxylic acids is 1. The number of methoxy groups -OCH3 is 1. The molecular formula is C23H26N4O2. The second-order valence-corrected chi connectivity index (χ2v) is 7.42. The molecule has 6 nitrogen and oxygen atoms in total. The van der Waals surface area contributed by atoms with Gasteiger partial charge in [0.25, 0.3) is 5.91 Å². The second-order valence-electron chi connectivity index (χ2n) is 7.42. The van der Waals surface area contributed by atoms with Gasteiger partial charge in [0.15, 0.2) is 0 Å². The Kier molecular flexibility index (Phi) is 5.62. The summed E-state index contributed by atoms with van der Waals surface area (Å²) in [7, 11) is 3.67. The molecule has 150 valence electrons. The lowest BCUT2D eigenvalue weighted by atomic mass is 10.1. The van der Waals surface area contributed by atoms with Gasteiger partial charge in [-0.25, -0.2) is 0 Å². The minimum atomic E-state index is -0.0508. The van der Waals surface area contributed by atoms with E-state index < -0.39 is 0 Å². The van der Waals surface area contributed by atoms with Gasteiger partial charge in [0.1, 0.15) is 11.4 Å². The summed E-state index contributed by atoms with van der Waals surface area (Å²) >= 11 is 0. The van der Waals surface area contributed by atoms with E-state index in [0.29, 0.717) is 12.2 Å². The number of rotatable bonds is 6. The summed E-state index contributed by atoms with van der Waals surface area (Å²) in [5, 5.41) is 3.00. The summed E-state index contributed by atoms with van der Waals surface area (Å²) in [5.41, 5.74) is 5.41. The molecule has 1 amide bonds. The first-order chi connectivity index (χ1) is 14.1. The third kappa shape index (κ3) is 4.32. The van der Waals surface area contributed by atoms with Crippen molar-refractivity contribution in [3.63, 3.8) is 0 Å². The quantitative estimate of drug-likeness (QED) is 0.703. The van der Waals surface area contributed by atoms with E-state index in [1.165, 1.54) is 16.8 Å². The maximum Gasteiger partial charge on any atom is 0.268 e. The number of amides is 1. The Labute approximate surface area is 171 Å². The van der Waals surface area contributed by atoms with Crippen molar-refractivity contribution < 1.29 is 9.53 Å². The molecule has 0 radical (unpaired) electrons. The van der Waals surface area contributed by atoms with Crippen molar-refractivity contribution in [3.05, 3.63) is 82.9 Å². The van der Waals surface area contributed by atoms with Crippen LogP contribution in [0.15, 0.2) is 54.9 Å². The molecule has 1 aromatic carbocycles. The highest BCUT2D eigenvalue weighted by atomic mass is 16.5. The van der Waals surface area contributed by atoms with Gasteiger partial charge >= 0.3 is 0 Å². The maximum atomic E-state index is 12.7. The zero-order valence-electron chi connectivity index (χ0n) is 16.9. The maximum absolute atomic E-state index is 12.7. The van der Waals surface area contributed by atoms with E-state index in [1.807, 2.05) is 41.9 Å². The molecule has 1 N–H and O–H groups in total. The molecule has 0 spiro atoms. The van der Waals surface area contributed by atoms with Crippen LogP contribution >= 0.6 is 0 Å². The molecule has 1 aliphatic heterocycles. The van der Waals surface area contributed by atoms with Crippen molar-refractivity contribution in [2.45, 2.75) is 26.1 Å². The third-order valence-electron chi connectivity index (χ3n) is 5.46. The molecule has 2 aromatic heterocycles.